The van der Waals surface area contributed by atoms with E-state index in [9.17, 15) is 0 Å². The SMILES string of the molecule is CC[Si](CC)(CC)c1c(-c2ccccc2)c2c(c3ccccc13)CCCC2. The van der Waals surface area contributed by atoms with Gasteiger partial charge in [-0.2, -0.15) is 0 Å². The van der Waals surface area contributed by atoms with Gasteiger partial charge in [-0.1, -0.05) is 93.5 Å². The van der Waals surface area contributed by atoms with E-state index < -0.39 is 8.07 Å². The average molecular weight is 373 g/mol. The minimum absolute atomic E-state index is 1.24. The van der Waals surface area contributed by atoms with Gasteiger partial charge in [0, 0.05) is 0 Å². The molecule has 0 unspecified atom stereocenters. The third kappa shape index (κ3) is 2.97. The molecule has 0 heterocycles. The van der Waals surface area contributed by atoms with E-state index in [0.29, 0.717) is 0 Å². The number of benzene rings is 3. The highest BCUT2D eigenvalue weighted by atomic mass is 28.3. The van der Waals surface area contributed by atoms with Crippen LogP contribution in [-0.4, -0.2) is 8.07 Å². The molecule has 1 heteroatoms. The van der Waals surface area contributed by atoms with E-state index in [1.807, 2.05) is 0 Å². The molecule has 0 saturated heterocycles. The molecule has 0 radical (unpaired) electrons. The van der Waals surface area contributed by atoms with Crippen LogP contribution in [0.25, 0.3) is 21.9 Å². The molecule has 0 bridgehead atoms. The lowest BCUT2D eigenvalue weighted by Gasteiger charge is -2.36. The highest BCUT2D eigenvalue weighted by molar-refractivity contribution is 6.94. The first-order valence-corrected chi connectivity index (χ1v) is 13.5. The Morgan fingerprint density at radius 1 is 0.667 bits per heavy atom. The summed E-state index contributed by atoms with van der Waals surface area (Å²) in [6.07, 6.45) is 5.17. The van der Waals surface area contributed by atoms with Crippen molar-refractivity contribution in [2.45, 2.75) is 64.6 Å². The molecule has 0 aliphatic heterocycles. The Morgan fingerprint density at radius 2 is 1.22 bits per heavy atom. The van der Waals surface area contributed by atoms with Crippen molar-refractivity contribution in [2.24, 2.45) is 0 Å². The standard InChI is InChI=1S/C26H32Si/c1-4-27(5-2,6-3)26-24-19-13-11-17-22(24)21-16-10-12-18-23(21)25(26)20-14-8-7-9-15-20/h7-9,11,13-15,17,19H,4-6,10,12,16,18H2,1-3H3. The Morgan fingerprint density at radius 3 is 1.85 bits per heavy atom. The Bertz CT molecular complexity index is 927. The van der Waals surface area contributed by atoms with Gasteiger partial charge in [-0.15, -0.1) is 0 Å². The summed E-state index contributed by atoms with van der Waals surface area (Å²) in [5, 5.41) is 4.88. The monoisotopic (exact) mass is 372 g/mol. The summed E-state index contributed by atoms with van der Waals surface area (Å²) < 4.78 is 0. The maximum atomic E-state index is 2.45. The maximum Gasteiger partial charge on any atom is 0.0875 e. The first kappa shape index (κ1) is 18.5. The molecule has 27 heavy (non-hydrogen) atoms. The molecule has 4 rings (SSSR count). The molecule has 3 aromatic rings. The van der Waals surface area contributed by atoms with Crippen LogP contribution in [0.4, 0.5) is 0 Å². The van der Waals surface area contributed by atoms with Gasteiger partial charge in [-0.25, -0.2) is 0 Å². The van der Waals surface area contributed by atoms with Crippen molar-refractivity contribution in [3.05, 3.63) is 65.7 Å². The average Bonchev–Trinajstić information content (AvgIpc) is 2.76. The van der Waals surface area contributed by atoms with E-state index in [-0.39, 0.29) is 0 Å². The van der Waals surface area contributed by atoms with Crippen LogP contribution in [0, 0.1) is 0 Å². The van der Waals surface area contributed by atoms with Crippen LogP contribution < -0.4 is 5.19 Å². The molecule has 0 spiro atoms. The van der Waals surface area contributed by atoms with Crippen molar-refractivity contribution < 1.29 is 0 Å². The molecule has 0 atom stereocenters. The van der Waals surface area contributed by atoms with Crippen LogP contribution in [0.1, 0.15) is 44.7 Å². The van der Waals surface area contributed by atoms with E-state index in [2.05, 4.69) is 75.4 Å². The normalized spacial score (nSPS) is 14.3. The van der Waals surface area contributed by atoms with Crippen LogP contribution in [0.5, 0.6) is 0 Å². The lowest BCUT2D eigenvalue weighted by atomic mass is 9.82. The van der Waals surface area contributed by atoms with Gasteiger partial charge in [0.05, 0.1) is 8.07 Å². The van der Waals surface area contributed by atoms with E-state index in [4.69, 9.17) is 0 Å². The largest absolute Gasteiger partial charge is 0.0875 e. The zero-order valence-electron chi connectivity index (χ0n) is 17.1. The molecule has 0 aromatic heterocycles. The fourth-order valence-electron chi connectivity index (χ4n) is 5.48. The van der Waals surface area contributed by atoms with Gasteiger partial charge in [0.1, 0.15) is 0 Å². The fourth-order valence-corrected chi connectivity index (χ4v) is 9.66. The second kappa shape index (κ2) is 7.64. The van der Waals surface area contributed by atoms with Crippen molar-refractivity contribution >= 4 is 24.0 Å². The molecule has 0 saturated carbocycles. The Labute approximate surface area is 165 Å². The van der Waals surface area contributed by atoms with E-state index in [0.717, 1.165) is 0 Å². The van der Waals surface area contributed by atoms with Crippen molar-refractivity contribution in [3.8, 4) is 11.1 Å². The topological polar surface area (TPSA) is 0 Å². The summed E-state index contributed by atoms with van der Waals surface area (Å²) in [7, 11) is -1.54. The number of fused-ring (bicyclic) bond motifs is 3. The number of hydrogen-bond donors (Lipinski definition) is 0. The van der Waals surface area contributed by atoms with Gasteiger partial charge < -0.3 is 0 Å². The molecule has 0 amide bonds. The Kier molecular flexibility index (Phi) is 5.23. The first-order valence-electron chi connectivity index (χ1n) is 10.9. The molecule has 140 valence electrons. The quantitative estimate of drug-likeness (QED) is 0.419. The molecule has 0 fully saturated rings. The summed E-state index contributed by atoms with van der Waals surface area (Å²) in [5.41, 5.74) is 6.39. The second-order valence-corrected chi connectivity index (χ2v) is 13.3. The fraction of sp³-hybridized carbons (Fsp3) is 0.385. The predicted octanol–water partition coefficient (Wildman–Crippen LogP) is 7.10. The Balaban J connectivity index is 2.20. The van der Waals surface area contributed by atoms with Crippen LogP contribution in [0.3, 0.4) is 0 Å². The minimum atomic E-state index is -1.54. The van der Waals surface area contributed by atoms with Crippen LogP contribution >= 0.6 is 0 Å². The van der Waals surface area contributed by atoms with Crippen LogP contribution in [0.15, 0.2) is 54.6 Å². The van der Waals surface area contributed by atoms with Gasteiger partial charge in [0.15, 0.2) is 0 Å². The van der Waals surface area contributed by atoms with Crippen LogP contribution in [-0.2, 0) is 12.8 Å². The molecule has 0 N–H and O–H groups in total. The zero-order valence-corrected chi connectivity index (χ0v) is 18.1. The van der Waals surface area contributed by atoms with Crippen LogP contribution in [0.2, 0.25) is 18.1 Å². The zero-order chi connectivity index (χ0) is 18.9. The molecular weight excluding hydrogens is 340 g/mol. The van der Waals surface area contributed by atoms with E-state index in [1.54, 1.807) is 32.6 Å². The highest BCUT2D eigenvalue weighted by Crippen LogP contribution is 2.39. The highest BCUT2D eigenvalue weighted by Gasteiger charge is 2.35. The maximum absolute atomic E-state index is 2.45. The van der Waals surface area contributed by atoms with Gasteiger partial charge in [-0.3, -0.25) is 0 Å². The summed E-state index contributed by atoms with van der Waals surface area (Å²) in [6, 6.07) is 24.6. The molecule has 3 aromatic carbocycles. The van der Waals surface area contributed by atoms with Crippen molar-refractivity contribution in [3.63, 3.8) is 0 Å². The lowest BCUT2D eigenvalue weighted by Crippen LogP contribution is -2.48. The minimum Gasteiger partial charge on any atom is -0.0675 e. The van der Waals surface area contributed by atoms with Crippen molar-refractivity contribution in [2.75, 3.05) is 0 Å². The van der Waals surface area contributed by atoms with E-state index >= 15 is 0 Å². The summed E-state index contributed by atoms with van der Waals surface area (Å²) in [6.45, 7) is 7.34. The lowest BCUT2D eigenvalue weighted by molar-refractivity contribution is 0.691. The molecule has 0 nitrogen and oxygen atoms in total. The van der Waals surface area contributed by atoms with Gasteiger partial charge in [-0.05, 0) is 63.9 Å². The smallest absolute Gasteiger partial charge is 0.0675 e. The third-order valence-corrected chi connectivity index (χ3v) is 12.8. The number of aryl methyl sites for hydroxylation is 1. The molecule has 1 aliphatic carbocycles. The number of rotatable bonds is 5. The first-order chi connectivity index (χ1) is 13.3. The summed E-state index contributed by atoms with van der Waals surface area (Å²) in [5.74, 6) is 0. The van der Waals surface area contributed by atoms with Crippen molar-refractivity contribution in [1.29, 1.82) is 0 Å². The molecular formula is C26H32Si. The predicted molar refractivity (Wildman–Crippen MR) is 123 cm³/mol. The summed E-state index contributed by atoms with van der Waals surface area (Å²) in [4.78, 5) is 0. The third-order valence-electron chi connectivity index (χ3n) is 7.16. The second-order valence-electron chi connectivity index (χ2n) is 8.17. The van der Waals surface area contributed by atoms with Gasteiger partial charge in [0.25, 0.3) is 0 Å². The van der Waals surface area contributed by atoms with Gasteiger partial charge in [0.2, 0.25) is 0 Å². The molecule has 1 aliphatic rings. The van der Waals surface area contributed by atoms with Gasteiger partial charge >= 0.3 is 0 Å². The van der Waals surface area contributed by atoms with E-state index in [1.165, 1.54) is 49.4 Å². The Hall–Kier alpha value is -1.86. The summed E-state index contributed by atoms with van der Waals surface area (Å²) >= 11 is 0. The van der Waals surface area contributed by atoms with Crippen molar-refractivity contribution in [1.82, 2.24) is 0 Å². The number of hydrogen-bond acceptors (Lipinski definition) is 0.